The fourth-order valence-corrected chi connectivity index (χ4v) is 2.46. The van der Waals surface area contributed by atoms with Crippen LogP contribution in [0.25, 0.3) is 0 Å². The smallest absolute Gasteiger partial charge is 0.306 e. The van der Waals surface area contributed by atoms with Gasteiger partial charge in [-0.05, 0) is 31.4 Å². The molecule has 1 saturated heterocycles. The maximum Gasteiger partial charge on any atom is 0.324 e. The molecule has 0 aromatic heterocycles. The number of benzene rings is 1. The summed E-state index contributed by atoms with van der Waals surface area (Å²) in [5, 5.41) is 21.4. The van der Waals surface area contributed by atoms with Crippen molar-refractivity contribution in [2.24, 2.45) is 0 Å². The highest BCUT2D eigenvalue weighted by Crippen LogP contribution is 2.25. The van der Waals surface area contributed by atoms with Gasteiger partial charge >= 0.3 is 6.03 Å². The quantitative estimate of drug-likeness (QED) is 0.862. The molecule has 0 saturated carbocycles. The van der Waals surface area contributed by atoms with Crippen LogP contribution in [0.15, 0.2) is 24.3 Å². The average molecular weight is 289 g/mol. The zero-order valence-electron chi connectivity index (χ0n) is 10.7. The SMILES string of the molecule is N#CC1CCCC(C#N)N1C(=O)Nc1ccccc1Cl. The van der Waals surface area contributed by atoms with Crippen molar-refractivity contribution in [1.29, 1.82) is 10.5 Å². The zero-order chi connectivity index (χ0) is 14.5. The van der Waals surface area contributed by atoms with Gasteiger partial charge in [-0.25, -0.2) is 4.79 Å². The second-order valence-corrected chi connectivity index (χ2v) is 4.95. The van der Waals surface area contributed by atoms with Crippen molar-refractivity contribution in [3.05, 3.63) is 29.3 Å². The zero-order valence-corrected chi connectivity index (χ0v) is 11.5. The predicted octanol–water partition coefficient (Wildman–Crippen LogP) is 3.14. The van der Waals surface area contributed by atoms with E-state index in [1.54, 1.807) is 24.3 Å². The summed E-state index contributed by atoms with van der Waals surface area (Å²) in [5.74, 6) is 0. The number of rotatable bonds is 1. The molecule has 1 N–H and O–H groups in total. The minimum absolute atomic E-state index is 0.417. The number of amides is 2. The molecule has 6 heteroatoms. The molecule has 0 bridgehead atoms. The highest BCUT2D eigenvalue weighted by molar-refractivity contribution is 6.33. The van der Waals surface area contributed by atoms with Crippen LogP contribution in [0.3, 0.4) is 0 Å². The van der Waals surface area contributed by atoms with Crippen LogP contribution in [0.2, 0.25) is 5.02 Å². The maximum atomic E-state index is 12.3. The topological polar surface area (TPSA) is 79.9 Å². The Balaban J connectivity index is 2.20. The summed E-state index contributed by atoms with van der Waals surface area (Å²) in [6.07, 6.45) is 1.95. The number of para-hydroxylation sites is 1. The Labute approximate surface area is 122 Å². The summed E-state index contributed by atoms with van der Waals surface area (Å²) in [7, 11) is 0. The Kier molecular flexibility index (Phi) is 4.45. The lowest BCUT2D eigenvalue weighted by molar-refractivity contribution is 0.161. The van der Waals surface area contributed by atoms with Crippen LogP contribution in [0.5, 0.6) is 0 Å². The molecule has 102 valence electrons. The molecule has 2 rings (SSSR count). The standard InChI is InChI=1S/C14H13ClN4O/c15-12-6-1-2-7-13(12)18-14(20)19-10(8-16)4-3-5-11(19)9-17/h1-2,6-7,10-11H,3-5H2,(H,18,20). The summed E-state index contributed by atoms with van der Waals surface area (Å²) < 4.78 is 0. The first kappa shape index (κ1) is 14.2. The van der Waals surface area contributed by atoms with Gasteiger partial charge in [-0.3, -0.25) is 4.90 Å². The van der Waals surface area contributed by atoms with Crippen molar-refractivity contribution < 1.29 is 4.79 Å². The van der Waals surface area contributed by atoms with Crippen molar-refractivity contribution in [2.75, 3.05) is 5.32 Å². The van der Waals surface area contributed by atoms with Crippen molar-refractivity contribution >= 4 is 23.3 Å². The van der Waals surface area contributed by atoms with Gasteiger partial charge < -0.3 is 5.32 Å². The number of hydrogen-bond acceptors (Lipinski definition) is 3. The van der Waals surface area contributed by atoms with Crippen LogP contribution in [-0.2, 0) is 0 Å². The number of nitrogens with zero attached hydrogens (tertiary/aromatic N) is 3. The van der Waals surface area contributed by atoms with Crippen molar-refractivity contribution in [3.63, 3.8) is 0 Å². The lowest BCUT2D eigenvalue weighted by Crippen LogP contribution is -2.50. The molecule has 2 atom stereocenters. The number of carbonyl (C=O) groups excluding carboxylic acids is 1. The summed E-state index contributed by atoms with van der Waals surface area (Å²) >= 11 is 5.98. The number of anilines is 1. The molecule has 1 aromatic carbocycles. The number of nitrogens with one attached hydrogen (secondary N) is 1. The summed E-state index contributed by atoms with van der Waals surface area (Å²) in [4.78, 5) is 13.6. The lowest BCUT2D eigenvalue weighted by Gasteiger charge is -2.35. The van der Waals surface area contributed by atoms with Gasteiger partial charge in [0.2, 0.25) is 0 Å². The first-order valence-corrected chi connectivity index (χ1v) is 6.68. The third-order valence-corrected chi connectivity index (χ3v) is 3.60. The van der Waals surface area contributed by atoms with E-state index in [9.17, 15) is 4.79 Å². The molecular formula is C14H13ClN4O. The Morgan fingerprint density at radius 3 is 2.40 bits per heavy atom. The van der Waals surface area contributed by atoms with Crippen LogP contribution in [-0.4, -0.2) is 23.0 Å². The first-order valence-electron chi connectivity index (χ1n) is 6.30. The molecule has 0 spiro atoms. The molecule has 1 aliphatic heterocycles. The fourth-order valence-electron chi connectivity index (χ4n) is 2.28. The van der Waals surface area contributed by atoms with Gasteiger partial charge in [-0.15, -0.1) is 0 Å². The Hall–Kier alpha value is -2.24. The Morgan fingerprint density at radius 2 is 1.85 bits per heavy atom. The summed E-state index contributed by atoms with van der Waals surface area (Å²) in [5.41, 5.74) is 0.470. The molecule has 20 heavy (non-hydrogen) atoms. The van der Waals surface area contributed by atoms with Gasteiger partial charge in [0.15, 0.2) is 0 Å². The van der Waals surface area contributed by atoms with E-state index in [4.69, 9.17) is 22.1 Å². The third-order valence-electron chi connectivity index (χ3n) is 3.27. The first-order chi connectivity index (χ1) is 9.67. The molecule has 2 amide bonds. The van der Waals surface area contributed by atoms with Gasteiger partial charge in [0, 0.05) is 0 Å². The van der Waals surface area contributed by atoms with Crippen LogP contribution < -0.4 is 5.32 Å². The number of nitriles is 2. The van der Waals surface area contributed by atoms with E-state index in [1.165, 1.54) is 4.90 Å². The monoisotopic (exact) mass is 288 g/mol. The van der Waals surface area contributed by atoms with E-state index in [2.05, 4.69) is 17.5 Å². The molecule has 1 aliphatic rings. The second-order valence-electron chi connectivity index (χ2n) is 4.54. The molecule has 5 nitrogen and oxygen atoms in total. The number of carbonyl (C=O) groups is 1. The maximum absolute atomic E-state index is 12.3. The van der Waals surface area contributed by atoms with Gasteiger partial charge in [0.1, 0.15) is 12.1 Å². The van der Waals surface area contributed by atoms with E-state index < -0.39 is 18.1 Å². The Morgan fingerprint density at radius 1 is 1.25 bits per heavy atom. The minimum Gasteiger partial charge on any atom is -0.306 e. The van der Waals surface area contributed by atoms with Gasteiger partial charge in [-0.1, -0.05) is 23.7 Å². The highest BCUT2D eigenvalue weighted by atomic mass is 35.5. The van der Waals surface area contributed by atoms with Crippen LogP contribution in [0, 0.1) is 22.7 Å². The van der Waals surface area contributed by atoms with E-state index in [0.29, 0.717) is 23.6 Å². The fraction of sp³-hybridized carbons (Fsp3) is 0.357. The molecule has 1 fully saturated rings. The number of urea groups is 1. The number of hydrogen-bond donors (Lipinski definition) is 1. The molecule has 0 aliphatic carbocycles. The van der Waals surface area contributed by atoms with Crippen LogP contribution in [0.1, 0.15) is 19.3 Å². The molecule has 1 aromatic rings. The molecule has 1 heterocycles. The van der Waals surface area contributed by atoms with Crippen molar-refractivity contribution in [3.8, 4) is 12.1 Å². The minimum atomic E-state index is -0.573. The normalized spacial score (nSPS) is 21.6. The number of likely N-dealkylation sites (tertiary alicyclic amines) is 1. The highest BCUT2D eigenvalue weighted by Gasteiger charge is 2.34. The van der Waals surface area contributed by atoms with Crippen LogP contribution >= 0.6 is 11.6 Å². The third kappa shape index (κ3) is 2.84. The lowest BCUT2D eigenvalue weighted by atomic mass is 9.97. The predicted molar refractivity (Wildman–Crippen MR) is 75.0 cm³/mol. The second kappa shape index (κ2) is 6.27. The summed E-state index contributed by atoms with van der Waals surface area (Å²) in [6.45, 7) is 0. The number of halogens is 1. The molecular weight excluding hydrogens is 276 g/mol. The van der Waals surface area contributed by atoms with Gasteiger partial charge in [-0.2, -0.15) is 10.5 Å². The van der Waals surface area contributed by atoms with Gasteiger partial charge in [0.25, 0.3) is 0 Å². The molecule has 0 radical (unpaired) electrons. The van der Waals surface area contributed by atoms with Crippen molar-refractivity contribution in [1.82, 2.24) is 4.90 Å². The number of piperidine rings is 1. The average Bonchev–Trinajstić information content (AvgIpc) is 2.48. The van der Waals surface area contributed by atoms with E-state index in [1.807, 2.05) is 0 Å². The molecule has 2 unspecified atom stereocenters. The summed E-state index contributed by atoms with van der Waals surface area (Å²) in [6, 6.07) is 9.40. The van der Waals surface area contributed by atoms with Gasteiger partial charge in [0.05, 0.1) is 22.8 Å². The van der Waals surface area contributed by atoms with E-state index in [-0.39, 0.29) is 0 Å². The largest absolute Gasteiger partial charge is 0.324 e. The van der Waals surface area contributed by atoms with Crippen LogP contribution in [0.4, 0.5) is 10.5 Å². The van der Waals surface area contributed by atoms with Crippen molar-refractivity contribution in [2.45, 2.75) is 31.3 Å². The van der Waals surface area contributed by atoms with E-state index >= 15 is 0 Å². The Bertz CT molecular complexity index is 568. The van der Waals surface area contributed by atoms with E-state index in [0.717, 1.165) is 6.42 Å².